The molecule has 0 aliphatic carbocycles. The Kier molecular flexibility index (Phi) is 6.98. The first-order valence-corrected chi connectivity index (χ1v) is 12.3. The normalized spacial score (nSPS) is 20.8. The standard InChI is InChI=1S/C26H29F3N8/c1-15(33-13-18(12-30)21-14-34-24(35-21)19-4-2-10-31-19)16-6-8-17(9-7-16)22-23(26(27,28)29)37-25(36-22)20-5-3-11-32-20/h6-9,12-14,19-20,31-32H,1-5,10-11,30H2,(H,34,35)(H,36,37)/b18-12+,33-13?/t19-,20-/m0/s1. The van der Waals surface area contributed by atoms with Crippen molar-refractivity contribution in [3.63, 3.8) is 0 Å². The summed E-state index contributed by atoms with van der Waals surface area (Å²) in [6, 6.07) is 6.57. The van der Waals surface area contributed by atoms with Gasteiger partial charge in [-0.2, -0.15) is 13.2 Å². The van der Waals surface area contributed by atoms with E-state index in [1.165, 1.54) is 6.20 Å². The van der Waals surface area contributed by atoms with Gasteiger partial charge >= 0.3 is 6.18 Å². The van der Waals surface area contributed by atoms with Gasteiger partial charge < -0.3 is 26.3 Å². The van der Waals surface area contributed by atoms with Crippen molar-refractivity contribution in [3.05, 3.63) is 71.8 Å². The predicted octanol–water partition coefficient (Wildman–Crippen LogP) is 4.71. The van der Waals surface area contributed by atoms with E-state index in [0.29, 0.717) is 28.2 Å². The first-order chi connectivity index (χ1) is 17.8. The van der Waals surface area contributed by atoms with Crippen LogP contribution in [0.4, 0.5) is 13.2 Å². The molecule has 0 radical (unpaired) electrons. The molecular formula is C26H29F3N8. The molecule has 5 rings (SSSR count). The Hall–Kier alpha value is -3.70. The van der Waals surface area contributed by atoms with E-state index in [2.05, 4.69) is 42.1 Å². The first kappa shape index (κ1) is 25.0. The third-order valence-electron chi connectivity index (χ3n) is 6.72. The second-order valence-corrected chi connectivity index (χ2v) is 9.23. The zero-order valence-corrected chi connectivity index (χ0v) is 20.2. The highest BCUT2D eigenvalue weighted by molar-refractivity contribution is 6.10. The van der Waals surface area contributed by atoms with Gasteiger partial charge in [0.15, 0.2) is 0 Å². The molecule has 11 heteroatoms. The summed E-state index contributed by atoms with van der Waals surface area (Å²) in [6.45, 7) is 5.73. The van der Waals surface area contributed by atoms with E-state index >= 15 is 0 Å². The molecule has 0 bridgehead atoms. The summed E-state index contributed by atoms with van der Waals surface area (Å²) in [5.41, 5.74) is 7.72. The zero-order chi connectivity index (χ0) is 26.0. The number of hydrogen-bond acceptors (Lipinski definition) is 6. The van der Waals surface area contributed by atoms with Gasteiger partial charge in [0.1, 0.15) is 23.0 Å². The van der Waals surface area contributed by atoms with Gasteiger partial charge in [-0.3, -0.25) is 4.99 Å². The van der Waals surface area contributed by atoms with Gasteiger partial charge in [-0.15, -0.1) is 0 Å². The Balaban J connectivity index is 1.32. The average molecular weight is 511 g/mol. The first-order valence-electron chi connectivity index (χ1n) is 12.3. The number of hydrogen-bond donors (Lipinski definition) is 5. The number of benzene rings is 1. The van der Waals surface area contributed by atoms with Crippen molar-refractivity contribution in [3.8, 4) is 11.3 Å². The van der Waals surface area contributed by atoms with Crippen LogP contribution >= 0.6 is 0 Å². The number of nitrogens with zero attached hydrogens (tertiary/aromatic N) is 3. The SMILES string of the molecule is C=C(N=C/C(=C\N)c1cnc([C@@H]2CCCN2)[nH]1)c1ccc(-c2nc([C@@H]3CCCN3)[nH]c2C(F)(F)F)cc1. The van der Waals surface area contributed by atoms with Crippen molar-refractivity contribution in [1.82, 2.24) is 30.6 Å². The molecule has 6 N–H and O–H groups in total. The highest BCUT2D eigenvalue weighted by Crippen LogP contribution is 2.37. The van der Waals surface area contributed by atoms with Crippen LogP contribution in [0.2, 0.25) is 0 Å². The van der Waals surface area contributed by atoms with Gasteiger partial charge in [-0.1, -0.05) is 30.8 Å². The highest BCUT2D eigenvalue weighted by Gasteiger charge is 2.38. The van der Waals surface area contributed by atoms with Crippen molar-refractivity contribution in [2.24, 2.45) is 10.7 Å². The summed E-state index contributed by atoms with van der Waals surface area (Å²) in [7, 11) is 0. The van der Waals surface area contributed by atoms with Gasteiger partial charge in [0.2, 0.25) is 0 Å². The summed E-state index contributed by atoms with van der Waals surface area (Å²) >= 11 is 0. The molecule has 2 aliphatic heterocycles. The Bertz CT molecular complexity index is 1300. The lowest BCUT2D eigenvalue weighted by molar-refractivity contribution is -0.140. The van der Waals surface area contributed by atoms with Crippen LogP contribution in [0.5, 0.6) is 0 Å². The summed E-state index contributed by atoms with van der Waals surface area (Å²) in [4.78, 5) is 19.0. The highest BCUT2D eigenvalue weighted by atomic mass is 19.4. The Morgan fingerprint density at radius 2 is 1.70 bits per heavy atom. The fraction of sp³-hybridized carbons (Fsp3) is 0.346. The van der Waals surface area contributed by atoms with Crippen molar-refractivity contribution in [2.45, 2.75) is 43.9 Å². The number of aromatic amines is 2. The van der Waals surface area contributed by atoms with Crippen molar-refractivity contribution in [2.75, 3.05) is 13.1 Å². The Morgan fingerprint density at radius 3 is 2.30 bits per heavy atom. The molecule has 0 saturated carbocycles. The number of allylic oxidation sites excluding steroid dienone is 1. The molecule has 0 spiro atoms. The van der Waals surface area contributed by atoms with Crippen LogP contribution in [0.25, 0.3) is 22.5 Å². The summed E-state index contributed by atoms with van der Waals surface area (Å²) in [6.07, 6.45) is 3.98. The quantitative estimate of drug-likeness (QED) is 0.295. The minimum absolute atomic E-state index is 0.114. The molecule has 2 aliphatic rings. The lowest BCUT2D eigenvalue weighted by Crippen LogP contribution is -2.14. The van der Waals surface area contributed by atoms with E-state index in [1.807, 2.05) is 0 Å². The fourth-order valence-electron chi connectivity index (χ4n) is 4.71. The molecule has 1 aromatic carbocycles. The van der Waals surface area contributed by atoms with E-state index < -0.39 is 11.9 Å². The number of aliphatic imine (C=N–C) groups is 1. The summed E-state index contributed by atoms with van der Waals surface area (Å²) < 4.78 is 41.2. The lowest BCUT2D eigenvalue weighted by atomic mass is 10.1. The largest absolute Gasteiger partial charge is 0.433 e. The van der Waals surface area contributed by atoms with Crippen molar-refractivity contribution in [1.29, 1.82) is 0 Å². The molecule has 8 nitrogen and oxygen atoms in total. The maximum absolute atomic E-state index is 13.7. The van der Waals surface area contributed by atoms with Crippen LogP contribution in [0, 0.1) is 0 Å². The topological polar surface area (TPSA) is 120 Å². The van der Waals surface area contributed by atoms with E-state index in [1.54, 1.807) is 36.7 Å². The molecule has 0 unspecified atom stereocenters. The third-order valence-corrected chi connectivity index (χ3v) is 6.72. The predicted molar refractivity (Wildman–Crippen MR) is 137 cm³/mol. The lowest BCUT2D eigenvalue weighted by Gasteiger charge is -2.08. The summed E-state index contributed by atoms with van der Waals surface area (Å²) in [5, 5.41) is 6.58. The van der Waals surface area contributed by atoms with Crippen LogP contribution < -0.4 is 16.4 Å². The number of nitrogens with one attached hydrogen (secondary N) is 4. The number of alkyl halides is 3. The zero-order valence-electron chi connectivity index (χ0n) is 20.2. The van der Waals surface area contributed by atoms with Crippen LogP contribution in [0.15, 0.2) is 48.2 Å². The van der Waals surface area contributed by atoms with Gasteiger partial charge in [0.05, 0.1) is 29.7 Å². The van der Waals surface area contributed by atoms with Crippen LogP contribution in [-0.2, 0) is 6.18 Å². The monoisotopic (exact) mass is 510 g/mol. The van der Waals surface area contributed by atoms with Gasteiger partial charge in [-0.05, 0) is 44.3 Å². The fourth-order valence-corrected chi connectivity index (χ4v) is 4.71. The van der Waals surface area contributed by atoms with E-state index in [0.717, 1.165) is 50.3 Å². The van der Waals surface area contributed by atoms with Crippen LogP contribution in [0.3, 0.4) is 0 Å². The number of nitrogens with two attached hydrogens (primary N) is 1. The Morgan fingerprint density at radius 1 is 1.03 bits per heavy atom. The molecule has 3 aromatic rings. The molecule has 2 saturated heterocycles. The molecule has 4 heterocycles. The third kappa shape index (κ3) is 5.37. The van der Waals surface area contributed by atoms with E-state index in [9.17, 15) is 13.2 Å². The second-order valence-electron chi connectivity index (χ2n) is 9.23. The number of H-pyrrole nitrogens is 2. The van der Waals surface area contributed by atoms with Crippen molar-refractivity contribution < 1.29 is 13.2 Å². The molecule has 0 amide bonds. The maximum Gasteiger partial charge on any atom is 0.433 e. The van der Waals surface area contributed by atoms with Gasteiger partial charge in [0, 0.05) is 23.6 Å². The molecule has 194 valence electrons. The molecule has 2 atom stereocenters. The minimum atomic E-state index is -4.54. The summed E-state index contributed by atoms with van der Waals surface area (Å²) in [5.74, 6) is 1.17. The van der Waals surface area contributed by atoms with Crippen LogP contribution in [-0.4, -0.2) is 39.2 Å². The number of rotatable bonds is 7. The average Bonchev–Trinajstić information content (AvgIpc) is 3.70. The maximum atomic E-state index is 13.7. The number of halogens is 3. The van der Waals surface area contributed by atoms with Crippen molar-refractivity contribution >= 4 is 17.5 Å². The van der Waals surface area contributed by atoms with Gasteiger partial charge in [-0.25, -0.2) is 9.97 Å². The second kappa shape index (κ2) is 10.3. The molecule has 2 aromatic heterocycles. The molecule has 37 heavy (non-hydrogen) atoms. The van der Waals surface area contributed by atoms with Gasteiger partial charge in [0.25, 0.3) is 0 Å². The Labute approximate surface area is 212 Å². The van der Waals surface area contributed by atoms with Crippen LogP contribution in [0.1, 0.15) is 66.4 Å². The van der Waals surface area contributed by atoms with E-state index in [4.69, 9.17) is 5.73 Å². The van der Waals surface area contributed by atoms with E-state index in [-0.39, 0.29) is 17.8 Å². The molecule has 2 fully saturated rings. The minimum Gasteiger partial charge on any atom is -0.404 e. The number of imidazole rings is 2. The number of aromatic nitrogens is 4. The smallest absolute Gasteiger partial charge is 0.404 e. The molecular weight excluding hydrogens is 481 g/mol.